The normalized spacial score (nSPS) is 26.0. The summed E-state index contributed by atoms with van der Waals surface area (Å²) in [5.41, 5.74) is 0. The third kappa shape index (κ3) is 1.87. The molecule has 1 heterocycles. The maximum atomic E-state index is 11.4. The molecule has 0 radical (unpaired) electrons. The number of hydrogen-bond acceptors (Lipinski definition) is 4. The van der Waals surface area contributed by atoms with Crippen LogP contribution in [0.4, 0.5) is 0 Å². The lowest BCUT2D eigenvalue weighted by molar-refractivity contribution is 0.596. The first-order valence-electron chi connectivity index (χ1n) is 3.69. The largest absolute Gasteiger partial charge is 0.224 e. The summed E-state index contributed by atoms with van der Waals surface area (Å²) >= 11 is 5.61. The zero-order valence-corrected chi connectivity index (χ0v) is 9.84. The van der Waals surface area contributed by atoms with E-state index in [1.54, 1.807) is 0 Å². The van der Waals surface area contributed by atoms with Crippen molar-refractivity contribution in [2.24, 2.45) is 0 Å². The number of hydrogen-bond donors (Lipinski definition) is 0. The highest BCUT2D eigenvalue weighted by molar-refractivity contribution is 7.99. The maximum Gasteiger partial charge on any atom is 0.180 e. The zero-order valence-electron chi connectivity index (χ0n) is 7.45. The average Bonchev–Trinajstić information content (AvgIpc) is 2.14. The van der Waals surface area contributed by atoms with Gasteiger partial charge in [0.15, 0.2) is 19.7 Å². The van der Waals surface area contributed by atoms with Crippen LogP contribution in [0, 0.1) is 0 Å². The van der Waals surface area contributed by atoms with E-state index in [1.165, 1.54) is 6.92 Å². The Labute approximate surface area is 88.1 Å². The molecule has 0 atom stereocenters. The van der Waals surface area contributed by atoms with Gasteiger partial charge in [-0.3, -0.25) is 0 Å². The van der Waals surface area contributed by atoms with Crippen LogP contribution in [0.5, 0.6) is 0 Å². The lowest BCUT2D eigenvalue weighted by Gasteiger charge is -2.01. The molecular formula is C7H9ClO4S2. The molecule has 80 valence electrons. The molecule has 1 aliphatic heterocycles. The first-order valence-corrected chi connectivity index (χ1v) is 7.38. The molecule has 0 amide bonds. The van der Waals surface area contributed by atoms with E-state index in [4.69, 9.17) is 11.6 Å². The fourth-order valence-electron chi connectivity index (χ4n) is 0.965. The average molecular weight is 257 g/mol. The van der Waals surface area contributed by atoms with Crippen LogP contribution in [-0.2, 0) is 19.7 Å². The van der Waals surface area contributed by atoms with Gasteiger partial charge in [-0.2, -0.15) is 0 Å². The smallest absolute Gasteiger partial charge is 0.180 e. The lowest BCUT2D eigenvalue weighted by atomic mass is 10.5. The van der Waals surface area contributed by atoms with Crippen molar-refractivity contribution in [2.45, 2.75) is 6.92 Å². The van der Waals surface area contributed by atoms with Crippen molar-refractivity contribution in [3.05, 3.63) is 21.4 Å². The molecule has 0 fully saturated rings. The van der Waals surface area contributed by atoms with Crippen LogP contribution in [0.25, 0.3) is 0 Å². The fourth-order valence-corrected chi connectivity index (χ4v) is 4.87. The highest BCUT2D eigenvalue weighted by Gasteiger charge is 2.31. The molecule has 4 nitrogen and oxygen atoms in total. The topological polar surface area (TPSA) is 68.3 Å². The molecule has 0 saturated heterocycles. The Morgan fingerprint density at radius 3 is 2.07 bits per heavy atom. The highest BCUT2D eigenvalue weighted by atomic mass is 35.5. The van der Waals surface area contributed by atoms with Crippen LogP contribution in [0.1, 0.15) is 6.92 Å². The summed E-state index contributed by atoms with van der Waals surface area (Å²) in [4.78, 5) is -0.428. The molecule has 1 rings (SSSR count). The van der Waals surface area contributed by atoms with Crippen molar-refractivity contribution in [3.63, 3.8) is 0 Å². The summed E-state index contributed by atoms with van der Waals surface area (Å²) in [5.74, 6) is -0.891. The van der Waals surface area contributed by atoms with Gasteiger partial charge in [0.25, 0.3) is 0 Å². The molecule has 0 spiro atoms. The van der Waals surface area contributed by atoms with Crippen molar-refractivity contribution in [1.82, 2.24) is 0 Å². The Kier molecular flexibility index (Phi) is 2.82. The fraction of sp³-hybridized carbons (Fsp3) is 0.429. The van der Waals surface area contributed by atoms with E-state index in [-0.39, 0.29) is 14.8 Å². The quantitative estimate of drug-likeness (QED) is 0.643. The summed E-state index contributed by atoms with van der Waals surface area (Å²) in [5, 5.41) is -0.275. The Hall–Kier alpha value is -0.330. The highest BCUT2D eigenvalue weighted by Crippen LogP contribution is 2.29. The van der Waals surface area contributed by atoms with Gasteiger partial charge in [0.05, 0.1) is 26.3 Å². The zero-order chi connectivity index (χ0) is 11.1. The second kappa shape index (κ2) is 3.36. The summed E-state index contributed by atoms with van der Waals surface area (Å²) in [6.07, 6.45) is 0. The number of halogens is 1. The molecule has 0 aromatic rings. The third-order valence-corrected chi connectivity index (χ3v) is 6.59. The molecule has 0 unspecified atom stereocenters. The summed E-state index contributed by atoms with van der Waals surface area (Å²) in [6.45, 7) is 4.56. The van der Waals surface area contributed by atoms with Crippen LogP contribution in [0.2, 0.25) is 0 Å². The molecule has 7 heteroatoms. The van der Waals surface area contributed by atoms with Gasteiger partial charge in [0, 0.05) is 0 Å². The van der Waals surface area contributed by atoms with Crippen molar-refractivity contribution in [3.8, 4) is 0 Å². The minimum Gasteiger partial charge on any atom is -0.224 e. The molecule has 0 N–H and O–H groups in total. The van der Waals surface area contributed by atoms with Crippen LogP contribution >= 0.6 is 11.6 Å². The van der Waals surface area contributed by atoms with Crippen molar-refractivity contribution in [1.29, 1.82) is 0 Å². The van der Waals surface area contributed by atoms with Gasteiger partial charge in [0.2, 0.25) is 0 Å². The lowest BCUT2D eigenvalue weighted by Crippen LogP contribution is -2.14. The summed E-state index contributed by atoms with van der Waals surface area (Å²) in [7, 11) is -7.16. The molecule has 0 bridgehead atoms. The van der Waals surface area contributed by atoms with Crippen LogP contribution in [0.15, 0.2) is 21.4 Å². The third-order valence-electron chi connectivity index (χ3n) is 2.02. The SMILES string of the molecule is C=C1C(Cl)=C(C)S(=O)(=O)CCS1(=O)=O. The van der Waals surface area contributed by atoms with Crippen LogP contribution < -0.4 is 0 Å². The van der Waals surface area contributed by atoms with Gasteiger partial charge in [-0.05, 0) is 6.92 Å². The standard InChI is InChI=1S/C7H9ClO4S2/c1-5-7(8)6(2)14(11,12)4-3-13(5,9)10/h1,3-4H2,2H3. The van der Waals surface area contributed by atoms with Gasteiger partial charge in [-0.25, -0.2) is 16.8 Å². The van der Waals surface area contributed by atoms with Crippen molar-refractivity contribution < 1.29 is 16.8 Å². The van der Waals surface area contributed by atoms with E-state index in [9.17, 15) is 16.8 Å². The van der Waals surface area contributed by atoms with Gasteiger partial charge in [-0.1, -0.05) is 18.2 Å². The van der Waals surface area contributed by atoms with Gasteiger partial charge < -0.3 is 0 Å². The Morgan fingerprint density at radius 1 is 1.14 bits per heavy atom. The first kappa shape index (κ1) is 11.7. The molecular weight excluding hydrogens is 248 g/mol. The minimum atomic E-state index is -3.61. The predicted molar refractivity (Wildman–Crippen MR) is 55.3 cm³/mol. The van der Waals surface area contributed by atoms with E-state index in [0.29, 0.717) is 0 Å². The molecule has 0 saturated carbocycles. The number of sulfone groups is 2. The van der Waals surface area contributed by atoms with Crippen LogP contribution in [0.3, 0.4) is 0 Å². The Morgan fingerprint density at radius 2 is 1.57 bits per heavy atom. The second-order valence-corrected chi connectivity index (χ2v) is 7.69. The van der Waals surface area contributed by atoms with Crippen molar-refractivity contribution >= 4 is 31.3 Å². The van der Waals surface area contributed by atoms with Gasteiger partial charge in [-0.15, -0.1) is 0 Å². The molecule has 1 aliphatic rings. The van der Waals surface area contributed by atoms with E-state index in [1.807, 2.05) is 0 Å². The van der Waals surface area contributed by atoms with E-state index >= 15 is 0 Å². The van der Waals surface area contributed by atoms with E-state index < -0.39 is 31.2 Å². The Balaban J connectivity index is 3.52. The van der Waals surface area contributed by atoms with E-state index in [0.717, 1.165) is 0 Å². The summed E-state index contributed by atoms with van der Waals surface area (Å²) < 4.78 is 45.5. The number of rotatable bonds is 0. The molecule has 14 heavy (non-hydrogen) atoms. The molecule has 0 aliphatic carbocycles. The molecule has 0 aromatic heterocycles. The first-order chi connectivity index (χ1) is 6.18. The Bertz CT molecular complexity index is 510. The van der Waals surface area contributed by atoms with Crippen molar-refractivity contribution in [2.75, 3.05) is 11.5 Å². The second-order valence-electron chi connectivity index (χ2n) is 2.93. The van der Waals surface area contributed by atoms with Crippen LogP contribution in [-0.4, -0.2) is 28.3 Å². The monoisotopic (exact) mass is 256 g/mol. The van der Waals surface area contributed by atoms with Gasteiger partial charge in [0.1, 0.15) is 0 Å². The molecule has 0 aromatic carbocycles. The van der Waals surface area contributed by atoms with E-state index in [2.05, 4.69) is 6.58 Å². The minimum absolute atomic E-state index is 0.120. The predicted octanol–water partition coefficient (Wildman–Crippen LogP) is 0.814. The maximum absolute atomic E-state index is 11.4. The summed E-state index contributed by atoms with van der Waals surface area (Å²) in [6, 6.07) is 0. The van der Waals surface area contributed by atoms with Gasteiger partial charge >= 0.3 is 0 Å². The number of allylic oxidation sites excluding steroid dienone is 2.